The van der Waals surface area contributed by atoms with E-state index in [9.17, 15) is 0 Å². The Bertz CT molecular complexity index is 459. The summed E-state index contributed by atoms with van der Waals surface area (Å²) in [5.41, 5.74) is 1.53. The average Bonchev–Trinajstić information content (AvgIpc) is 2.19. The highest BCUT2D eigenvalue weighted by Crippen LogP contribution is 2.30. The van der Waals surface area contributed by atoms with E-state index in [2.05, 4.69) is 0 Å². The van der Waals surface area contributed by atoms with Crippen LogP contribution in [-0.4, -0.2) is 24.9 Å². The normalized spacial score (nSPS) is 16.4. The monoisotopic (exact) mass is 220 g/mol. The number of nitrogens with zero attached hydrogens (tertiary/aromatic N) is 1. The largest absolute Gasteiger partial charge is 0.495 e. The number of allylic oxidation sites excluding steroid dienone is 1. The fourth-order valence-electron chi connectivity index (χ4n) is 1.75. The van der Waals surface area contributed by atoms with E-state index >= 15 is 0 Å². The minimum absolute atomic E-state index is 0.374. The van der Waals surface area contributed by atoms with Crippen molar-refractivity contribution >= 4 is 6.20 Å². The van der Waals surface area contributed by atoms with Crippen molar-refractivity contribution in [2.75, 3.05) is 20.3 Å². The molecule has 4 heteroatoms. The van der Waals surface area contributed by atoms with Crippen LogP contribution in [0.3, 0.4) is 0 Å². The van der Waals surface area contributed by atoms with E-state index in [4.69, 9.17) is 14.9 Å². The summed E-state index contributed by atoms with van der Waals surface area (Å²) in [6.07, 6.45) is 5.57. The van der Waals surface area contributed by atoms with Gasteiger partial charge < -0.3 is 14.0 Å². The van der Waals surface area contributed by atoms with E-state index in [1.165, 1.54) is 0 Å². The maximum absolute atomic E-state index is 7.89. The molecule has 1 aromatic heterocycles. The summed E-state index contributed by atoms with van der Waals surface area (Å²) >= 11 is 0. The third kappa shape index (κ3) is 1.88. The minimum Gasteiger partial charge on any atom is -0.495 e. The molecular weight excluding hydrogens is 204 g/mol. The third-order valence-electron chi connectivity index (χ3n) is 2.72. The molecule has 86 valence electrons. The first-order valence-electron chi connectivity index (χ1n) is 5.31. The SMILES string of the molecule is C/C=C\n1cc(OC)c(C2COC2)cc1=N. The number of pyridine rings is 1. The van der Waals surface area contributed by atoms with Crippen molar-refractivity contribution in [3.05, 3.63) is 29.4 Å². The van der Waals surface area contributed by atoms with Crippen molar-refractivity contribution in [2.24, 2.45) is 0 Å². The van der Waals surface area contributed by atoms with Crippen LogP contribution in [0.5, 0.6) is 5.75 Å². The van der Waals surface area contributed by atoms with Crippen LogP contribution in [0, 0.1) is 5.41 Å². The molecule has 1 aliphatic rings. The number of ether oxygens (including phenoxy) is 2. The number of hydrogen-bond donors (Lipinski definition) is 1. The van der Waals surface area contributed by atoms with Gasteiger partial charge in [0.25, 0.3) is 0 Å². The topological polar surface area (TPSA) is 47.2 Å². The minimum atomic E-state index is 0.374. The van der Waals surface area contributed by atoms with Crippen LogP contribution in [0.2, 0.25) is 0 Å². The molecule has 1 saturated heterocycles. The van der Waals surface area contributed by atoms with Gasteiger partial charge in [-0.05, 0) is 13.0 Å². The Hall–Kier alpha value is -1.55. The number of aromatic nitrogens is 1. The van der Waals surface area contributed by atoms with Gasteiger partial charge in [-0.2, -0.15) is 0 Å². The Morgan fingerprint density at radius 2 is 2.31 bits per heavy atom. The second-order valence-corrected chi connectivity index (χ2v) is 3.81. The first-order chi connectivity index (χ1) is 7.76. The fourth-order valence-corrected chi connectivity index (χ4v) is 1.75. The van der Waals surface area contributed by atoms with Crippen molar-refractivity contribution in [3.63, 3.8) is 0 Å². The van der Waals surface area contributed by atoms with E-state index in [1.54, 1.807) is 11.7 Å². The van der Waals surface area contributed by atoms with Gasteiger partial charge in [-0.15, -0.1) is 0 Å². The standard InChI is InChI=1S/C12H16N2O2/c1-3-4-14-6-11(15-2)10(5-12(14)13)9-7-16-8-9/h3-6,9,13H,7-8H2,1-2H3/b4-3-,13-12?. The van der Waals surface area contributed by atoms with Crippen molar-refractivity contribution in [1.82, 2.24) is 4.57 Å². The quantitative estimate of drug-likeness (QED) is 0.840. The third-order valence-corrected chi connectivity index (χ3v) is 2.72. The van der Waals surface area contributed by atoms with Crippen LogP contribution < -0.4 is 10.2 Å². The van der Waals surface area contributed by atoms with Crippen LogP contribution >= 0.6 is 0 Å². The lowest BCUT2D eigenvalue weighted by Crippen LogP contribution is -2.28. The molecule has 0 spiro atoms. The number of hydrogen-bond acceptors (Lipinski definition) is 3. The van der Waals surface area contributed by atoms with E-state index in [0.717, 1.165) is 24.5 Å². The molecule has 0 bridgehead atoms. The highest BCUT2D eigenvalue weighted by atomic mass is 16.5. The summed E-state index contributed by atoms with van der Waals surface area (Å²) in [6, 6.07) is 1.85. The highest BCUT2D eigenvalue weighted by molar-refractivity contribution is 5.38. The Morgan fingerprint density at radius 3 is 2.81 bits per heavy atom. The van der Waals surface area contributed by atoms with E-state index in [1.807, 2.05) is 31.5 Å². The van der Waals surface area contributed by atoms with Crippen LogP contribution in [0.1, 0.15) is 18.4 Å². The Kier molecular flexibility index (Phi) is 3.10. The van der Waals surface area contributed by atoms with Gasteiger partial charge in [0.2, 0.25) is 0 Å². The summed E-state index contributed by atoms with van der Waals surface area (Å²) < 4.78 is 12.3. The molecule has 16 heavy (non-hydrogen) atoms. The van der Waals surface area contributed by atoms with Crippen LogP contribution in [-0.2, 0) is 4.74 Å². The lowest BCUT2D eigenvalue weighted by molar-refractivity contribution is 0.00741. The lowest BCUT2D eigenvalue weighted by atomic mass is 9.98. The van der Waals surface area contributed by atoms with Gasteiger partial charge in [0.05, 0.1) is 26.5 Å². The van der Waals surface area contributed by atoms with Crippen LogP contribution in [0.4, 0.5) is 0 Å². The lowest BCUT2D eigenvalue weighted by Gasteiger charge is -2.27. The first kappa shape index (κ1) is 11.0. The molecule has 0 unspecified atom stereocenters. The van der Waals surface area contributed by atoms with Gasteiger partial charge in [0, 0.05) is 17.7 Å². The van der Waals surface area contributed by atoms with Gasteiger partial charge >= 0.3 is 0 Å². The summed E-state index contributed by atoms with van der Waals surface area (Å²) in [4.78, 5) is 0. The zero-order valence-corrected chi connectivity index (χ0v) is 9.56. The summed E-state index contributed by atoms with van der Waals surface area (Å²) in [6.45, 7) is 3.37. The zero-order chi connectivity index (χ0) is 11.5. The smallest absolute Gasteiger partial charge is 0.139 e. The number of rotatable bonds is 3. The molecular formula is C12H16N2O2. The van der Waals surface area contributed by atoms with Crippen LogP contribution in [0.25, 0.3) is 6.20 Å². The molecule has 0 atom stereocenters. The Morgan fingerprint density at radius 1 is 1.56 bits per heavy atom. The molecule has 1 fully saturated rings. The maximum atomic E-state index is 7.89. The molecule has 1 aromatic rings. The second kappa shape index (κ2) is 4.53. The van der Waals surface area contributed by atoms with Crippen molar-refractivity contribution < 1.29 is 9.47 Å². The summed E-state index contributed by atoms with van der Waals surface area (Å²) in [5.74, 6) is 1.20. The van der Waals surface area contributed by atoms with Gasteiger partial charge in [0.15, 0.2) is 0 Å². The van der Waals surface area contributed by atoms with E-state index in [-0.39, 0.29) is 0 Å². The average molecular weight is 220 g/mol. The van der Waals surface area contributed by atoms with Crippen molar-refractivity contribution in [1.29, 1.82) is 5.41 Å². The molecule has 0 saturated carbocycles. The summed E-state index contributed by atoms with van der Waals surface area (Å²) in [5, 5.41) is 7.89. The highest BCUT2D eigenvalue weighted by Gasteiger charge is 2.24. The Labute approximate surface area is 94.6 Å². The predicted octanol–water partition coefficient (Wildman–Crippen LogP) is 1.58. The molecule has 1 N–H and O–H groups in total. The van der Waals surface area contributed by atoms with Crippen molar-refractivity contribution in [2.45, 2.75) is 12.8 Å². The van der Waals surface area contributed by atoms with E-state index in [0.29, 0.717) is 11.4 Å². The van der Waals surface area contributed by atoms with E-state index < -0.39 is 0 Å². The predicted molar refractivity (Wildman–Crippen MR) is 61.4 cm³/mol. The summed E-state index contributed by atoms with van der Waals surface area (Å²) in [7, 11) is 1.65. The second-order valence-electron chi connectivity index (χ2n) is 3.81. The fraction of sp³-hybridized carbons (Fsp3) is 0.417. The zero-order valence-electron chi connectivity index (χ0n) is 9.56. The molecule has 0 amide bonds. The number of methoxy groups -OCH3 is 1. The van der Waals surface area contributed by atoms with Crippen LogP contribution in [0.15, 0.2) is 18.3 Å². The molecule has 2 heterocycles. The first-order valence-corrected chi connectivity index (χ1v) is 5.31. The van der Waals surface area contributed by atoms with Crippen molar-refractivity contribution in [3.8, 4) is 5.75 Å². The molecule has 0 radical (unpaired) electrons. The maximum Gasteiger partial charge on any atom is 0.139 e. The van der Waals surface area contributed by atoms with Gasteiger partial charge in [-0.3, -0.25) is 5.41 Å². The molecule has 1 aliphatic heterocycles. The molecule has 2 rings (SSSR count). The van der Waals surface area contributed by atoms with Gasteiger partial charge in [-0.1, -0.05) is 6.08 Å². The van der Waals surface area contributed by atoms with Gasteiger partial charge in [-0.25, -0.2) is 0 Å². The van der Waals surface area contributed by atoms with Gasteiger partial charge in [0.1, 0.15) is 11.2 Å². The Balaban J connectivity index is 2.45. The molecule has 0 aromatic carbocycles. The number of nitrogens with one attached hydrogen (secondary N) is 1. The molecule has 4 nitrogen and oxygen atoms in total. The molecule has 0 aliphatic carbocycles.